The van der Waals surface area contributed by atoms with E-state index in [9.17, 15) is 9.59 Å². The van der Waals surface area contributed by atoms with Gasteiger partial charge in [0.25, 0.3) is 5.91 Å². The molecule has 0 aliphatic rings. The summed E-state index contributed by atoms with van der Waals surface area (Å²) in [6, 6.07) is 8.52. The lowest BCUT2D eigenvalue weighted by Crippen LogP contribution is -2.21. The van der Waals surface area contributed by atoms with Gasteiger partial charge in [-0.05, 0) is 26.0 Å². The third-order valence-electron chi connectivity index (χ3n) is 2.48. The number of carbonyl (C=O) groups excluding carboxylic acids is 2. The normalized spacial score (nSPS) is 10.1. The van der Waals surface area contributed by atoms with E-state index in [4.69, 9.17) is 9.26 Å². The highest BCUT2D eigenvalue weighted by molar-refractivity contribution is 5.95. The van der Waals surface area contributed by atoms with Crippen LogP contribution in [0.4, 0.5) is 5.82 Å². The number of ether oxygens (including phenoxy) is 1. The Morgan fingerprint density at radius 1 is 1.30 bits per heavy atom. The third kappa shape index (κ3) is 3.68. The quantitative estimate of drug-likeness (QED) is 0.863. The van der Waals surface area contributed by atoms with Crippen LogP contribution < -0.4 is 5.32 Å². The van der Waals surface area contributed by atoms with Crippen molar-refractivity contribution in [3.63, 3.8) is 0 Å². The van der Waals surface area contributed by atoms with Crippen molar-refractivity contribution in [1.29, 1.82) is 0 Å². The average Bonchev–Trinajstić information content (AvgIpc) is 2.81. The number of aryl methyl sites for hydroxylation is 2. The van der Waals surface area contributed by atoms with E-state index in [1.165, 1.54) is 0 Å². The van der Waals surface area contributed by atoms with Gasteiger partial charge in [-0.15, -0.1) is 0 Å². The number of carbonyl (C=O) groups is 2. The highest BCUT2D eigenvalue weighted by Crippen LogP contribution is 2.08. The topological polar surface area (TPSA) is 81.4 Å². The monoisotopic (exact) mass is 274 g/mol. The molecule has 0 radical (unpaired) electrons. The first-order chi connectivity index (χ1) is 9.54. The van der Waals surface area contributed by atoms with Gasteiger partial charge < -0.3 is 14.6 Å². The van der Waals surface area contributed by atoms with Gasteiger partial charge >= 0.3 is 5.97 Å². The summed E-state index contributed by atoms with van der Waals surface area (Å²) in [6.07, 6.45) is 0. The maximum Gasteiger partial charge on any atom is 0.338 e. The zero-order valence-corrected chi connectivity index (χ0v) is 11.2. The molecule has 0 atom stereocenters. The van der Waals surface area contributed by atoms with E-state index in [2.05, 4.69) is 10.5 Å². The fraction of sp³-hybridized carbons (Fsp3) is 0.214. The zero-order valence-electron chi connectivity index (χ0n) is 11.2. The molecule has 0 bridgehead atoms. The summed E-state index contributed by atoms with van der Waals surface area (Å²) in [6.45, 7) is 3.20. The van der Waals surface area contributed by atoms with Crippen molar-refractivity contribution in [1.82, 2.24) is 5.16 Å². The maximum atomic E-state index is 11.7. The molecular weight excluding hydrogens is 260 g/mol. The molecule has 0 saturated carbocycles. The maximum absolute atomic E-state index is 11.7. The van der Waals surface area contributed by atoms with Gasteiger partial charge in [-0.3, -0.25) is 4.79 Å². The molecule has 1 heterocycles. The van der Waals surface area contributed by atoms with Gasteiger partial charge in [0.2, 0.25) is 0 Å². The van der Waals surface area contributed by atoms with Crippen molar-refractivity contribution in [2.75, 3.05) is 11.9 Å². The van der Waals surface area contributed by atoms with Crippen LogP contribution in [0.5, 0.6) is 0 Å². The number of esters is 1. The number of benzene rings is 1. The zero-order chi connectivity index (χ0) is 14.5. The number of aromatic nitrogens is 1. The average molecular weight is 274 g/mol. The van der Waals surface area contributed by atoms with E-state index in [1.807, 2.05) is 13.0 Å². The van der Waals surface area contributed by atoms with E-state index in [0.29, 0.717) is 17.1 Å². The lowest BCUT2D eigenvalue weighted by molar-refractivity contribution is -0.119. The van der Waals surface area contributed by atoms with Gasteiger partial charge in [-0.1, -0.05) is 22.9 Å². The molecule has 0 saturated heterocycles. The van der Waals surface area contributed by atoms with Crippen molar-refractivity contribution in [3.8, 4) is 0 Å². The number of nitrogens with zero attached hydrogens (tertiary/aromatic N) is 1. The second-order valence-electron chi connectivity index (χ2n) is 4.32. The van der Waals surface area contributed by atoms with Crippen molar-refractivity contribution >= 4 is 17.7 Å². The fourth-order valence-corrected chi connectivity index (χ4v) is 1.59. The molecule has 1 aromatic heterocycles. The minimum Gasteiger partial charge on any atom is -0.452 e. The second kappa shape index (κ2) is 6.01. The molecule has 0 aliphatic heterocycles. The molecule has 2 rings (SSSR count). The van der Waals surface area contributed by atoms with E-state index in [0.717, 1.165) is 5.56 Å². The summed E-state index contributed by atoms with van der Waals surface area (Å²) in [5.74, 6) is -0.143. The summed E-state index contributed by atoms with van der Waals surface area (Å²) in [7, 11) is 0. The smallest absolute Gasteiger partial charge is 0.338 e. The molecule has 0 unspecified atom stereocenters. The Kier molecular flexibility index (Phi) is 4.14. The van der Waals surface area contributed by atoms with Crippen LogP contribution in [0, 0.1) is 13.8 Å². The molecule has 6 heteroatoms. The van der Waals surface area contributed by atoms with Crippen LogP contribution >= 0.6 is 0 Å². The van der Waals surface area contributed by atoms with Crippen LogP contribution in [-0.4, -0.2) is 23.6 Å². The summed E-state index contributed by atoms with van der Waals surface area (Å²) >= 11 is 0. The summed E-state index contributed by atoms with van der Waals surface area (Å²) in [4.78, 5) is 23.3. The second-order valence-corrected chi connectivity index (χ2v) is 4.32. The summed E-state index contributed by atoms with van der Waals surface area (Å²) < 4.78 is 9.72. The van der Waals surface area contributed by atoms with Crippen LogP contribution in [-0.2, 0) is 9.53 Å². The van der Waals surface area contributed by atoms with E-state index >= 15 is 0 Å². The van der Waals surface area contributed by atoms with Gasteiger partial charge in [0.05, 0.1) is 5.56 Å². The lowest BCUT2D eigenvalue weighted by atomic mass is 10.1. The fourth-order valence-electron chi connectivity index (χ4n) is 1.59. The number of anilines is 1. The first-order valence-corrected chi connectivity index (χ1v) is 6.01. The van der Waals surface area contributed by atoms with Crippen LogP contribution in [0.15, 0.2) is 34.9 Å². The van der Waals surface area contributed by atoms with Crippen LogP contribution in [0.25, 0.3) is 0 Å². The minimum absolute atomic E-state index is 0.291. The first kappa shape index (κ1) is 13.8. The third-order valence-corrected chi connectivity index (χ3v) is 2.48. The van der Waals surface area contributed by atoms with Crippen molar-refractivity contribution in [2.45, 2.75) is 13.8 Å². The molecule has 1 aromatic carbocycles. The largest absolute Gasteiger partial charge is 0.452 e. The van der Waals surface area contributed by atoms with Gasteiger partial charge in [0, 0.05) is 6.07 Å². The number of hydrogen-bond donors (Lipinski definition) is 1. The van der Waals surface area contributed by atoms with E-state index in [1.54, 1.807) is 31.2 Å². The molecule has 6 nitrogen and oxygen atoms in total. The molecule has 0 spiro atoms. The number of amides is 1. The molecular formula is C14H14N2O4. The van der Waals surface area contributed by atoms with Gasteiger partial charge in [-0.2, -0.15) is 0 Å². The molecule has 2 aromatic rings. The van der Waals surface area contributed by atoms with Crippen LogP contribution in [0.3, 0.4) is 0 Å². The van der Waals surface area contributed by atoms with Gasteiger partial charge in [-0.25, -0.2) is 4.79 Å². The Morgan fingerprint density at radius 2 is 2.10 bits per heavy atom. The Hall–Kier alpha value is -2.63. The Labute approximate surface area is 115 Å². The molecule has 104 valence electrons. The van der Waals surface area contributed by atoms with Crippen LogP contribution in [0.1, 0.15) is 21.7 Å². The number of rotatable bonds is 4. The summed E-state index contributed by atoms with van der Waals surface area (Å²) in [5, 5.41) is 6.07. The van der Waals surface area contributed by atoms with Crippen molar-refractivity contribution in [2.24, 2.45) is 0 Å². The van der Waals surface area contributed by atoms with Crippen LogP contribution in [0.2, 0.25) is 0 Å². The molecule has 1 amide bonds. The van der Waals surface area contributed by atoms with Gasteiger partial charge in [0.1, 0.15) is 5.76 Å². The minimum atomic E-state index is -0.541. The highest BCUT2D eigenvalue weighted by atomic mass is 16.5. The van der Waals surface area contributed by atoms with Crippen molar-refractivity contribution in [3.05, 3.63) is 47.2 Å². The predicted octanol–water partition coefficient (Wildman–Crippen LogP) is 2.09. The molecule has 20 heavy (non-hydrogen) atoms. The Bertz CT molecular complexity index is 634. The van der Waals surface area contributed by atoms with E-state index < -0.39 is 11.9 Å². The Morgan fingerprint density at radius 3 is 2.75 bits per heavy atom. The molecule has 0 fully saturated rings. The highest BCUT2D eigenvalue weighted by Gasteiger charge is 2.11. The summed E-state index contributed by atoms with van der Waals surface area (Å²) in [5.41, 5.74) is 1.36. The standard InChI is InChI=1S/C14H14N2O4/c1-9-4-3-5-11(6-9)14(18)19-8-13(17)15-12-7-10(2)20-16-12/h3-7H,8H2,1-2H3,(H,15,16,17). The Balaban J connectivity index is 1.85. The number of nitrogens with one attached hydrogen (secondary N) is 1. The first-order valence-electron chi connectivity index (χ1n) is 6.01. The molecule has 0 aliphatic carbocycles. The molecule has 1 N–H and O–H groups in total. The number of hydrogen-bond acceptors (Lipinski definition) is 5. The lowest BCUT2D eigenvalue weighted by Gasteiger charge is -2.05. The SMILES string of the molecule is Cc1cccc(C(=O)OCC(=O)Nc2cc(C)on2)c1. The predicted molar refractivity (Wildman–Crippen MR) is 71.3 cm³/mol. The van der Waals surface area contributed by atoms with Crippen molar-refractivity contribution < 1.29 is 18.8 Å². The van der Waals surface area contributed by atoms with E-state index in [-0.39, 0.29) is 6.61 Å². The van der Waals surface area contributed by atoms with Gasteiger partial charge in [0.15, 0.2) is 12.4 Å².